The highest BCUT2D eigenvalue weighted by molar-refractivity contribution is 7.26. The lowest BCUT2D eigenvalue weighted by Crippen LogP contribution is -2.00. The Kier molecular flexibility index (Phi) is 6.22. The van der Waals surface area contributed by atoms with Crippen molar-refractivity contribution in [3.05, 3.63) is 140 Å². The predicted octanol–water partition coefficient (Wildman–Crippen LogP) is 10.9. The third-order valence-corrected chi connectivity index (χ3v) is 9.87. The minimum absolute atomic E-state index is 0.570. The van der Waals surface area contributed by atoms with Gasteiger partial charge in [-0.05, 0) is 60.7 Å². The second-order valence-electron chi connectivity index (χ2n) is 11.7. The summed E-state index contributed by atoms with van der Waals surface area (Å²) in [7, 11) is 0. The lowest BCUT2D eigenvalue weighted by atomic mass is 10.1. The summed E-state index contributed by atoms with van der Waals surface area (Å²) >= 11 is 1.75. The number of nitrogens with zero attached hydrogens (tertiary/aromatic N) is 5. The molecule has 0 saturated carbocycles. The maximum absolute atomic E-state index is 6.02. The molecule has 6 aromatic carbocycles. The van der Waals surface area contributed by atoms with E-state index in [1.54, 1.807) is 11.3 Å². The molecule has 0 unspecified atom stereocenters. The molecule has 10 rings (SSSR count). The third-order valence-electron chi connectivity index (χ3n) is 8.65. The quantitative estimate of drug-likeness (QED) is 0.183. The smallest absolute Gasteiger partial charge is 0.227 e. The zero-order chi connectivity index (χ0) is 32.3. The molecule has 0 radical (unpaired) electrons. The highest BCUT2D eigenvalue weighted by atomic mass is 32.1. The summed E-state index contributed by atoms with van der Waals surface area (Å²) in [6.45, 7) is 0. The van der Waals surface area contributed by atoms with E-state index in [9.17, 15) is 0 Å². The van der Waals surface area contributed by atoms with Crippen LogP contribution >= 0.6 is 11.3 Å². The Morgan fingerprint density at radius 2 is 0.878 bits per heavy atom. The van der Waals surface area contributed by atoms with Gasteiger partial charge in [0.05, 0.1) is 0 Å². The van der Waals surface area contributed by atoms with Crippen LogP contribution in [0.5, 0.6) is 0 Å². The molecule has 8 heteroatoms. The fourth-order valence-corrected chi connectivity index (χ4v) is 7.40. The molecule has 49 heavy (non-hydrogen) atoms. The van der Waals surface area contributed by atoms with Crippen molar-refractivity contribution < 1.29 is 8.83 Å². The Labute approximate surface area is 283 Å². The van der Waals surface area contributed by atoms with Gasteiger partial charge in [-0.2, -0.15) is 0 Å². The topological polar surface area (TPSA) is 90.7 Å². The average Bonchev–Trinajstić information content (AvgIpc) is 3.90. The van der Waals surface area contributed by atoms with Crippen LogP contribution in [-0.2, 0) is 0 Å². The maximum atomic E-state index is 6.02. The number of fused-ring (bicyclic) bond motifs is 5. The van der Waals surface area contributed by atoms with Gasteiger partial charge in [-0.15, -0.1) is 11.3 Å². The third kappa shape index (κ3) is 4.77. The number of para-hydroxylation sites is 4. The van der Waals surface area contributed by atoms with Crippen LogP contribution in [0.25, 0.3) is 99.4 Å². The van der Waals surface area contributed by atoms with E-state index in [0.717, 1.165) is 54.7 Å². The summed E-state index contributed by atoms with van der Waals surface area (Å²) in [5, 5.41) is 2.41. The van der Waals surface area contributed by atoms with Gasteiger partial charge in [0.2, 0.25) is 11.8 Å². The first-order valence-electron chi connectivity index (χ1n) is 15.8. The van der Waals surface area contributed by atoms with E-state index in [1.165, 1.54) is 15.5 Å². The van der Waals surface area contributed by atoms with Gasteiger partial charge in [0.15, 0.2) is 28.6 Å². The molecule has 0 aliphatic rings. The second-order valence-corrected chi connectivity index (χ2v) is 12.8. The number of rotatable bonds is 5. The molecule has 0 fully saturated rings. The minimum atomic E-state index is 0.570. The van der Waals surface area contributed by atoms with E-state index in [-0.39, 0.29) is 0 Å². The summed E-state index contributed by atoms with van der Waals surface area (Å²) < 4.78 is 14.4. The van der Waals surface area contributed by atoms with Gasteiger partial charge >= 0.3 is 0 Å². The Balaban J connectivity index is 1.09. The predicted molar refractivity (Wildman–Crippen MR) is 195 cm³/mol. The summed E-state index contributed by atoms with van der Waals surface area (Å²) in [6.07, 6.45) is 0. The highest BCUT2D eigenvalue weighted by Crippen LogP contribution is 2.40. The minimum Gasteiger partial charge on any atom is -0.436 e. The highest BCUT2D eigenvalue weighted by Gasteiger charge is 2.18. The molecule has 0 atom stereocenters. The van der Waals surface area contributed by atoms with Crippen LogP contribution < -0.4 is 0 Å². The molecule has 0 amide bonds. The average molecular weight is 650 g/mol. The van der Waals surface area contributed by atoms with E-state index in [2.05, 4.69) is 52.4 Å². The van der Waals surface area contributed by atoms with Crippen molar-refractivity contribution in [3.63, 3.8) is 0 Å². The number of benzene rings is 6. The molecule has 0 N–H and O–H groups in total. The van der Waals surface area contributed by atoms with Crippen molar-refractivity contribution in [2.24, 2.45) is 0 Å². The molecule has 10 aromatic rings. The first kappa shape index (κ1) is 27.6. The van der Waals surface area contributed by atoms with Crippen molar-refractivity contribution in [2.45, 2.75) is 0 Å². The lowest BCUT2D eigenvalue weighted by molar-refractivity contribution is 0.619. The van der Waals surface area contributed by atoms with Crippen LogP contribution in [0.3, 0.4) is 0 Å². The summed E-state index contributed by atoms with van der Waals surface area (Å²) in [5.74, 6) is 2.90. The van der Waals surface area contributed by atoms with E-state index >= 15 is 0 Å². The molecule has 0 saturated heterocycles. The van der Waals surface area contributed by atoms with Crippen molar-refractivity contribution in [2.75, 3.05) is 0 Å². The maximum Gasteiger partial charge on any atom is 0.227 e. The number of hydrogen-bond acceptors (Lipinski definition) is 8. The van der Waals surface area contributed by atoms with Crippen LogP contribution in [0.1, 0.15) is 0 Å². The van der Waals surface area contributed by atoms with Crippen LogP contribution in [0, 0.1) is 0 Å². The summed E-state index contributed by atoms with van der Waals surface area (Å²) in [5.41, 5.74) is 7.59. The number of aromatic nitrogens is 5. The first-order chi connectivity index (χ1) is 24.2. The molecule has 4 aromatic heterocycles. The number of thiophene rings is 1. The molecule has 230 valence electrons. The van der Waals surface area contributed by atoms with Crippen LogP contribution in [0.15, 0.2) is 148 Å². The van der Waals surface area contributed by atoms with Crippen LogP contribution in [0.4, 0.5) is 0 Å². The molecule has 0 aliphatic heterocycles. The Bertz CT molecular complexity index is 2630. The molecule has 0 bridgehead atoms. The van der Waals surface area contributed by atoms with E-state index < -0.39 is 0 Å². The van der Waals surface area contributed by atoms with Crippen LogP contribution in [-0.4, -0.2) is 24.9 Å². The van der Waals surface area contributed by atoms with E-state index in [0.29, 0.717) is 29.3 Å². The molecule has 0 aliphatic carbocycles. The Morgan fingerprint density at radius 1 is 0.388 bits per heavy atom. The van der Waals surface area contributed by atoms with E-state index in [1.807, 2.05) is 97.1 Å². The van der Waals surface area contributed by atoms with Gasteiger partial charge in [0.25, 0.3) is 0 Å². The first-order valence-corrected chi connectivity index (χ1v) is 16.6. The monoisotopic (exact) mass is 649 g/mol. The molecule has 4 heterocycles. The number of hydrogen-bond donors (Lipinski definition) is 0. The Hall–Kier alpha value is -6.51. The molecule has 7 nitrogen and oxygen atoms in total. The molecular formula is C41H23N5O2S. The largest absolute Gasteiger partial charge is 0.436 e. The van der Waals surface area contributed by atoms with Crippen molar-refractivity contribution in [1.29, 1.82) is 0 Å². The normalized spacial score (nSPS) is 11.7. The SMILES string of the molecule is c1ccc2oc(-c3ccc(-c4nc(-c5ccc(-c6nc7ccccc7o6)cc5)nc(-c5cccc6c5sc5ccccc56)n4)cc3)nc2c1. The van der Waals surface area contributed by atoms with E-state index in [4.69, 9.17) is 23.8 Å². The standard InChI is InChI=1S/C41H23N5O2S/c1-6-15-35-28(8-1)29-9-7-10-30(36(29)49-35)39-45-37(24-16-20-26(21-17-24)40-42-31-11-2-4-13-33(31)47-40)44-38(46-39)25-18-22-27(23-19-25)41-43-32-12-3-5-14-34(32)48-41/h1-23H. The zero-order valence-electron chi connectivity index (χ0n) is 25.7. The van der Waals surface area contributed by atoms with Gasteiger partial charge in [-0.25, -0.2) is 24.9 Å². The van der Waals surface area contributed by atoms with Crippen molar-refractivity contribution >= 4 is 53.7 Å². The van der Waals surface area contributed by atoms with Crippen molar-refractivity contribution in [1.82, 2.24) is 24.9 Å². The fraction of sp³-hybridized carbons (Fsp3) is 0. The number of oxazole rings is 2. The van der Waals surface area contributed by atoms with Gasteiger partial charge in [0, 0.05) is 48.0 Å². The van der Waals surface area contributed by atoms with Gasteiger partial charge in [-0.1, -0.05) is 78.9 Å². The van der Waals surface area contributed by atoms with Crippen molar-refractivity contribution in [3.8, 4) is 57.1 Å². The summed E-state index contributed by atoms with van der Waals surface area (Å²) in [6, 6.07) is 46.3. The Morgan fingerprint density at radius 3 is 1.47 bits per heavy atom. The second kappa shape index (κ2) is 11.0. The van der Waals surface area contributed by atoms with Gasteiger partial charge in [-0.3, -0.25) is 0 Å². The molecule has 0 spiro atoms. The zero-order valence-corrected chi connectivity index (χ0v) is 26.6. The van der Waals surface area contributed by atoms with Gasteiger partial charge in [0.1, 0.15) is 11.0 Å². The molecular weight excluding hydrogens is 627 g/mol. The lowest BCUT2D eigenvalue weighted by Gasteiger charge is -2.09. The fourth-order valence-electron chi connectivity index (χ4n) is 6.19. The van der Waals surface area contributed by atoms with Gasteiger partial charge < -0.3 is 8.83 Å². The van der Waals surface area contributed by atoms with Crippen LogP contribution in [0.2, 0.25) is 0 Å². The summed E-state index contributed by atoms with van der Waals surface area (Å²) in [4.78, 5) is 24.5.